The highest BCUT2D eigenvalue weighted by Gasteiger charge is 2.33. The van der Waals surface area contributed by atoms with Crippen molar-refractivity contribution in [2.75, 3.05) is 46.4 Å². The molecular weight excluding hydrogens is 314 g/mol. The fourth-order valence-electron chi connectivity index (χ4n) is 4.00. The Morgan fingerprint density at radius 1 is 1.20 bits per heavy atom. The third-order valence-electron chi connectivity index (χ3n) is 5.43. The SMILES string of the molecule is Cc1ccc2ncccc2c1CN1CC(CO)C(CN(C)CCO)C1. The van der Waals surface area contributed by atoms with Gasteiger partial charge in [0.2, 0.25) is 0 Å². The quantitative estimate of drug-likeness (QED) is 0.798. The molecule has 136 valence electrons. The third-order valence-corrected chi connectivity index (χ3v) is 5.43. The van der Waals surface area contributed by atoms with Crippen LogP contribution in [-0.4, -0.2) is 71.4 Å². The van der Waals surface area contributed by atoms with E-state index in [0.717, 1.165) is 31.7 Å². The minimum absolute atomic E-state index is 0.179. The van der Waals surface area contributed by atoms with E-state index in [-0.39, 0.29) is 13.2 Å². The largest absolute Gasteiger partial charge is 0.396 e. The fraction of sp³-hybridized carbons (Fsp3) is 0.550. The van der Waals surface area contributed by atoms with Crippen molar-refractivity contribution < 1.29 is 10.2 Å². The first kappa shape index (κ1) is 18.3. The number of benzene rings is 1. The summed E-state index contributed by atoms with van der Waals surface area (Å²) in [5.41, 5.74) is 3.67. The summed E-state index contributed by atoms with van der Waals surface area (Å²) in [6, 6.07) is 8.38. The van der Waals surface area contributed by atoms with Crippen LogP contribution in [0.1, 0.15) is 11.1 Å². The zero-order valence-corrected chi connectivity index (χ0v) is 15.2. The number of aliphatic hydroxyl groups excluding tert-OH is 2. The molecule has 1 aliphatic rings. The molecule has 1 fully saturated rings. The molecule has 5 heteroatoms. The van der Waals surface area contributed by atoms with Gasteiger partial charge in [0.25, 0.3) is 0 Å². The number of aryl methyl sites for hydroxylation is 1. The number of likely N-dealkylation sites (N-methyl/N-ethyl adjacent to an activating group) is 1. The molecule has 1 aromatic carbocycles. The van der Waals surface area contributed by atoms with E-state index < -0.39 is 0 Å². The van der Waals surface area contributed by atoms with Crippen molar-refractivity contribution in [3.8, 4) is 0 Å². The number of rotatable bonds is 7. The summed E-state index contributed by atoms with van der Waals surface area (Å²) in [7, 11) is 2.04. The van der Waals surface area contributed by atoms with Gasteiger partial charge < -0.3 is 15.1 Å². The maximum Gasteiger partial charge on any atom is 0.0705 e. The highest BCUT2D eigenvalue weighted by molar-refractivity contribution is 5.83. The molecule has 25 heavy (non-hydrogen) atoms. The van der Waals surface area contributed by atoms with E-state index in [1.807, 2.05) is 19.3 Å². The number of aromatic nitrogens is 1. The Hall–Kier alpha value is -1.53. The van der Waals surface area contributed by atoms with Gasteiger partial charge in [-0.1, -0.05) is 12.1 Å². The molecule has 1 aromatic heterocycles. The number of aliphatic hydroxyl groups is 2. The molecule has 2 aromatic rings. The molecule has 1 aliphatic heterocycles. The summed E-state index contributed by atoms with van der Waals surface area (Å²) in [6.45, 7) is 6.96. The fourth-order valence-corrected chi connectivity index (χ4v) is 4.00. The van der Waals surface area contributed by atoms with Crippen LogP contribution >= 0.6 is 0 Å². The number of pyridine rings is 1. The lowest BCUT2D eigenvalue weighted by atomic mass is 9.96. The van der Waals surface area contributed by atoms with Crippen LogP contribution in [0.15, 0.2) is 30.5 Å². The standard InChI is InChI=1S/C20H29N3O2/c1-15-5-6-20-18(4-3-7-21-20)19(15)13-23-11-16(17(12-23)14-25)10-22(2)8-9-24/h3-7,16-17,24-25H,8-14H2,1-2H3. The van der Waals surface area contributed by atoms with E-state index >= 15 is 0 Å². The van der Waals surface area contributed by atoms with E-state index in [9.17, 15) is 5.11 Å². The first-order chi connectivity index (χ1) is 12.1. The monoisotopic (exact) mass is 343 g/mol. The molecule has 0 amide bonds. The maximum atomic E-state index is 9.78. The van der Waals surface area contributed by atoms with Gasteiger partial charge in [0.15, 0.2) is 0 Å². The van der Waals surface area contributed by atoms with E-state index in [1.54, 1.807) is 0 Å². The van der Waals surface area contributed by atoms with Crippen LogP contribution in [0, 0.1) is 18.8 Å². The number of hydrogen-bond acceptors (Lipinski definition) is 5. The number of hydrogen-bond donors (Lipinski definition) is 2. The lowest BCUT2D eigenvalue weighted by molar-refractivity contribution is 0.160. The molecule has 2 heterocycles. The molecule has 0 bridgehead atoms. The average molecular weight is 343 g/mol. The third kappa shape index (κ3) is 4.18. The van der Waals surface area contributed by atoms with E-state index in [1.165, 1.54) is 16.5 Å². The first-order valence-electron chi connectivity index (χ1n) is 9.08. The van der Waals surface area contributed by atoms with Crippen LogP contribution in [0.25, 0.3) is 10.9 Å². The Bertz CT molecular complexity index is 706. The van der Waals surface area contributed by atoms with Gasteiger partial charge in [-0.3, -0.25) is 9.88 Å². The normalized spacial score (nSPS) is 21.5. The number of likely N-dealkylation sites (tertiary alicyclic amines) is 1. The highest BCUT2D eigenvalue weighted by atomic mass is 16.3. The van der Waals surface area contributed by atoms with E-state index in [2.05, 4.69) is 39.9 Å². The minimum atomic E-state index is 0.179. The van der Waals surface area contributed by atoms with Crippen LogP contribution in [0.2, 0.25) is 0 Å². The topological polar surface area (TPSA) is 59.8 Å². The molecule has 2 N–H and O–H groups in total. The Morgan fingerprint density at radius 2 is 2.00 bits per heavy atom. The second kappa shape index (κ2) is 8.23. The van der Waals surface area contributed by atoms with Crippen molar-refractivity contribution in [1.82, 2.24) is 14.8 Å². The van der Waals surface area contributed by atoms with Crippen LogP contribution < -0.4 is 0 Å². The molecule has 5 nitrogen and oxygen atoms in total. The number of nitrogens with zero attached hydrogens (tertiary/aromatic N) is 3. The second-order valence-corrected chi connectivity index (χ2v) is 7.31. The van der Waals surface area contributed by atoms with Crippen LogP contribution in [0.4, 0.5) is 0 Å². The summed E-state index contributed by atoms with van der Waals surface area (Å²) in [5, 5.41) is 20.1. The van der Waals surface area contributed by atoms with Crippen molar-refractivity contribution in [3.05, 3.63) is 41.6 Å². The van der Waals surface area contributed by atoms with Crippen molar-refractivity contribution in [1.29, 1.82) is 0 Å². The molecule has 0 aliphatic carbocycles. The Morgan fingerprint density at radius 3 is 2.76 bits per heavy atom. The van der Waals surface area contributed by atoms with Gasteiger partial charge in [0, 0.05) is 50.9 Å². The molecule has 1 saturated heterocycles. The Kier molecular flexibility index (Phi) is 6.02. The van der Waals surface area contributed by atoms with Gasteiger partial charge in [-0.25, -0.2) is 0 Å². The molecule has 2 unspecified atom stereocenters. The Balaban J connectivity index is 1.75. The van der Waals surface area contributed by atoms with Crippen molar-refractivity contribution >= 4 is 10.9 Å². The zero-order chi connectivity index (χ0) is 17.8. The summed E-state index contributed by atoms with van der Waals surface area (Å²) in [5.74, 6) is 0.740. The first-order valence-corrected chi connectivity index (χ1v) is 9.08. The summed E-state index contributed by atoms with van der Waals surface area (Å²) in [4.78, 5) is 9.08. The van der Waals surface area contributed by atoms with Gasteiger partial charge in [-0.2, -0.15) is 0 Å². The Labute approximate surface area is 149 Å². The van der Waals surface area contributed by atoms with Gasteiger partial charge in [0.1, 0.15) is 0 Å². The summed E-state index contributed by atoms with van der Waals surface area (Å²) in [6.07, 6.45) is 1.84. The van der Waals surface area contributed by atoms with Crippen molar-refractivity contribution in [3.63, 3.8) is 0 Å². The molecule has 0 radical (unpaired) electrons. The number of fused-ring (bicyclic) bond motifs is 1. The van der Waals surface area contributed by atoms with Gasteiger partial charge in [0.05, 0.1) is 12.1 Å². The average Bonchev–Trinajstić information content (AvgIpc) is 2.99. The summed E-state index contributed by atoms with van der Waals surface area (Å²) >= 11 is 0. The van der Waals surface area contributed by atoms with Gasteiger partial charge >= 0.3 is 0 Å². The second-order valence-electron chi connectivity index (χ2n) is 7.31. The van der Waals surface area contributed by atoms with Crippen LogP contribution in [-0.2, 0) is 6.54 Å². The smallest absolute Gasteiger partial charge is 0.0705 e. The highest BCUT2D eigenvalue weighted by Crippen LogP contribution is 2.28. The minimum Gasteiger partial charge on any atom is -0.396 e. The zero-order valence-electron chi connectivity index (χ0n) is 15.2. The van der Waals surface area contributed by atoms with Crippen molar-refractivity contribution in [2.24, 2.45) is 11.8 Å². The van der Waals surface area contributed by atoms with Crippen LogP contribution in [0.3, 0.4) is 0 Å². The molecule has 0 spiro atoms. The molecule has 2 atom stereocenters. The molecular formula is C20H29N3O2. The van der Waals surface area contributed by atoms with Crippen molar-refractivity contribution in [2.45, 2.75) is 13.5 Å². The lowest BCUT2D eigenvalue weighted by Crippen LogP contribution is -2.33. The van der Waals surface area contributed by atoms with Gasteiger partial charge in [-0.05, 0) is 49.1 Å². The lowest BCUT2D eigenvalue weighted by Gasteiger charge is -2.23. The van der Waals surface area contributed by atoms with Crippen LogP contribution in [0.5, 0.6) is 0 Å². The van der Waals surface area contributed by atoms with Gasteiger partial charge in [-0.15, -0.1) is 0 Å². The maximum absolute atomic E-state index is 9.78. The predicted molar refractivity (Wildman–Crippen MR) is 100 cm³/mol. The molecule has 0 saturated carbocycles. The summed E-state index contributed by atoms with van der Waals surface area (Å²) < 4.78 is 0. The van der Waals surface area contributed by atoms with E-state index in [0.29, 0.717) is 18.4 Å². The van der Waals surface area contributed by atoms with E-state index in [4.69, 9.17) is 5.11 Å². The predicted octanol–water partition coefficient (Wildman–Crippen LogP) is 1.51. The molecule has 3 rings (SSSR count).